The third kappa shape index (κ3) is 29.8. The number of fused-ring (bicyclic) bond motifs is 1. The second kappa shape index (κ2) is 44.2. The summed E-state index contributed by atoms with van der Waals surface area (Å²) in [7, 11) is 1.50. The van der Waals surface area contributed by atoms with Crippen molar-refractivity contribution in [2.75, 3.05) is 7.05 Å². The van der Waals surface area contributed by atoms with Gasteiger partial charge in [-0.25, -0.2) is 0 Å². The lowest BCUT2D eigenvalue weighted by Gasteiger charge is -2.30. The molecule has 4 unspecified atom stereocenters. The van der Waals surface area contributed by atoms with E-state index in [4.69, 9.17) is 0 Å². The van der Waals surface area contributed by atoms with Crippen LogP contribution in [0.4, 0.5) is 0 Å². The molecule has 0 spiro atoms. The SMILES string of the molecule is C=CC.C=CCCC1/C(C)=C(CC=C)/C(C)=C(C)/C(C)=C(C)/C=C2/C(CC)=C(C)C(=[N+]2C(C)(C)C)/C=C(\C)C(C=C)C(C)/C(C)=C/C(=C)C1C.CC.CCC.CCC.CCC(C)(C)C.CCCC.CN. The molecule has 0 fully saturated rings. The molecule has 2 heteroatoms. The fraction of sp³-hybridized carbons (Fsp3) is 0.632. The Morgan fingerprint density at radius 1 is 0.629 bits per heavy atom. The lowest BCUT2D eigenvalue weighted by atomic mass is 9.75. The maximum Gasteiger partial charge on any atom is 0.210 e. The molecule has 2 bridgehead atoms. The summed E-state index contributed by atoms with van der Waals surface area (Å²) < 4.78 is 2.58. The van der Waals surface area contributed by atoms with Gasteiger partial charge in [0.05, 0.1) is 0 Å². The molecule has 0 aliphatic carbocycles. The van der Waals surface area contributed by atoms with Crippen LogP contribution in [0.3, 0.4) is 0 Å². The van der Waals surface area contributed by atoms with Gasteiger partial charge in [-0.2, -0.15) is 4.58 Å². The molecule has 0 amide bonds. The van der Waals surface area contributed by atoms with E-state index in [1.54, 1.807) is 6.08 Å². The second-order valence-corrected chi connectivity index (χ2v) is 21.0. The van der Waals surface area contributed by atoms with E-state index in [0.717, 1.165) is 25.7 Å². The summed E-state index contributed by atoms with van der Waals surface area (Å²) in [6, 6.07) is 0. The molecular weight excluding hydrogens is 845 g/mol. The first-order chi connectivity index (χ1) is 32.6. The number of hydrogen-bond acceptors (Lipinski definition) is 1. The highest BCUT2D eigenvalue weighted by Crippen LogP contribution is 2.40. The average molecular weight is 971 g/mol. The van der Waals surface area contributed by atoms with Gasteiger partial charge in [0.1, 0.15) is 0 Å². The van der Waals surface area contributed by atoms with Crippen LogP contribution >= 0.6 is 0 Å². The van der Waals surface area contributed by atoms with Crippen molar-refractivity contribution in [2.24, 2.45) is 34.8 Å². The summed E-state index contributed by atoms with van der Waals surface area (Å²) in [6.07, 6.45) is 25.6. The number of nitrogens with two attached hydrogens (primary N) is 1. The zero-order chi connectivity index (χ0) is 56.7. The Balaban J connectivity index is -0.000000373. The summed E-state index contributed by atoms with van der Waals surface area (Å²) in [4.78, 5) is 0. The summed E-state index contributed by atoms with van der Waals surface area (Å²) in [6.45, 7) is 80.7. The van der Waals surface area contributed by atoms with Gasteiger partial charge in [0.25, 0.3) is 0 Å². The van der Waals surface area contributed by atoms with E-state index in [2.05, 4.69) is 246 Å². The largest absolute Gasteiger partial charge is 0.333 e. The van der Waals surface area contributed by atoms with Gasteiger partial charge in [-0.1, -0.05) is 195 Å². The van der Waals surface area contributed by atoms with E-state index in [1.807, 2.05) is 20.8 Å². The highest BCUT2D eigenvalue weighted by molar-refractivity contribution is 6.07. The minimum atomic E-state index is -0.0969. The first-order valence-electron chi connectivity index (χ1n) is 27.8. The molecule has 0 saturated carbocycles. The van der Waals surface area contributed by atoms with E-state index >= 15 is 0 Å². The monoisotopic (exact) mass is 970 g/mol. The van der Waals surface area contributed by atoms with Gasteiger partial charge < -0.3 is 5.73 Å². The third-order valence-electron chi connectivity index (χ3n) is 12.8. The Morgan fingerprint density at radius 2 is 1.07 bits per heavy atom. The normalized spacial score (nSPS) is 24.1. The number of unbranched alkanes of at least 4 members (excludes halogenated alkanes) is 1. The van der Waals surface area contributed by atoms with Gasteiger partial charge in [-0.15, -0.1) is 26.3 Å². The quantitative estimate of drug-likeness (QED) is 0.191. The van der Waals surface area contributed by atoms with Crippen LogP contribution in [-0.4, -0.2) is 22.9 Å². The average Bonchev–Trinajstić information content (AvgIpc) is 3.58. The van der Waals surface area contributed by atoms with Gasteiger partial charge in [-0.3, -0.25) is 0 Å². The Morgan fingerprint density at radius 3 is 1.41 bits per heavy atom. The molecule has 406 valence electrons. The van der Waals surface area contributed by atoms with Crippen molar-refractivity contribution in [2.45, 2.75) is 250 Å². The molecule has 2 aliphatic rings. The zero-order valence-electron chi connectivity index (χ0n) is 52.8. The summed E-state index contributed by atoms with van der Waals surface area (Å²) in [5.74, 6) is 1.16. The number of nitrogens with zero attached hydrogens (tertiary/aromatic N) is 1. The van der Waals surface area contributed by atoms with Gasteiger partial charge >= 0.3 is 0 Å². The third-order valence-corrected chi connectivity index (χ3v) is 12.8. The molecule has 2 aliphatic heterocycles. The standard InChI is InChI=1S/C46H68N.C6H14.C4H10.2C3H8.C3H6.C2H6.CH5N/c1-19-23-25-43-35(11)30(6)26-29(5)34(10)40(21-3)32(8)28-44-39(15)41(22-4)45(47(44)46(16,17)18)27-31(7)33(9)36(12)37(13)42(24-20-2)38(43)14;1-5-6(2,3)4;1-3-4-2;3*1-3-2;2*1-2/h19-21,26-28,34-35,40,43H,1-3,6,22-25H2,4-5,7-18H3;5H2,1-4H3;3-4H2,1-2H3;2*3H2,1-2H3;3H,1H2,2H3;1-2H3;2H2,1H3/q+1;;;;;;;/b29-26+,32-28+,33-31+,37-36+,42-38+,45-27-;;;;;;;. The van der Waals surface area contributed by atoms with Crippen LogP contribution in [0.5, 0.6) is 0 Å². The molecule has 70 heavy (non-hydrogen) atoms. The molecule has 4 atom stereocenters. The first kappa shape index (κ1) is 78.0. The van der Waals surface area contributed by atoms with Crippen molar-refractivity contribution in [3.63, 3.8) is 0 Å². The molecule has 0 radical (unpaired) electrons. The summed E-state index contributed by atoms with van der Waals surface area (Å²) >= 11 is 0. The smallest absolute Gasteiger partial charge is 0.210 e. The van der Waals surface area contributed by atoms with Gasteiger partial charge in [0.15, 0.2) is 5.54 Å². The van der Waals surface area contributed by atoms with Crippen LogP contribution in [0.25, 0.3) is 0 Å². The minimum absolute atomic E-state index is 0.0969. The lowest BCUT2D eigenvalue weighted by molar-refractivity contribution is -0.545. The van der Waals surface area contributed by atoms with Gasteiger partial charge in [0.2, 0.25) is 11.4 Å². The molecule has 0 aromatic heterocycles. The van der Waals surface area contributed by atoms with Gasteiger partial charge in [0, 0.05) is 50.0 Å². The summed E-state index contributed by atoms with van der Waals surface area (Å²) in [5, 5.41) is 0. The van der Waals surface area contributed by atoms with Crippen LogP contribution in [-0.2, 0) is 0 Å². The number of rotatable bonds is 8. The zero-order valence-corrected chi connectivity index (χ0v) is 52.8. The molecule has 2 nitrogen and oxygen atoms in total. The molecule has 0 saturated heterocycles. The van der Waals surface area contributed by atoms with Crippen LogP contribution < -0.4 is 5.73 Å². The molecule has 0 aromatic carbocycles. The lowest BCUT2D eigenvalue weighted by Crippen LogP contribution is -2.34. The van der Waals surface area contributed by atoms with Crippen LogP contribution in [0.2, 0.25) is 0 Å². The highest BCUT2D eigenvalue weighted by Gasteiger charge is 2.40. The Bertz CT molecular complexity index is 1750. The van der Waals surface area contributed by atoms with Crippen LogP contribution in [0.15, 0.2) is 142 Å². The summed E-state index contributed by atoms with van der Waals surface area (Å²) in [5.41, 5.74) is 22.5. The van der Waals surface area contributed by atoms with Crippen molar-refractivity contribution in [1.29, 1.82) is 0 Å². The predicted molar refractivity (Wildman–Crippen MR) is 332 cm³/mol. The van der Waals surface area contributed by atoms with Crippen molar-refractivity contribution in [3.8, 4) is 0 Å². The van der Waals surface area contributed by atoms with E-state index < -0.39 is 0 Å². The fourth-order valence-electron chi connectivity index (χ4n) is 7.70. The molecule has 0 aromatic rings. The van der Waals surface area contributed by atoms with Crippen molar-refractivity contribution < 1.29 is 4.58 Å². The number of allylic oxidation sites excluding steroid dienone is 18. The van der Waals surface area contributed by atoms with Crippen molar-refractivity contribution in [3.05, 3.63) is 142 Å². The topological polar surface area (TPSA) is 29.0 Å². The first-order valence-corrected chi connectivity index (χ1v) is 27.8. The van der Waals surface area contributed by atoms with Crippen molar-refractivity contribution >= 4 is 5.71 Å². The highest BCUT2D eigenvalue weighted by atomic mass is 15.1. The Labute approximate surface area is 442 Å². The minimum Gasteiger partial charge on any atom is -0.333 e. The van der Waals surface area contributed by atoms with E-state index in [0.29, 0.717) is 23.2 Å². The predicted octanol–water partition coefficient (Wildman–Crippen LogP) is 22.4. The second-order valence-electron chi connectivity index (χ2n) is 21.0. The van der Waals surface area contributed by atoms with Crippen LogP contribution in [0, 0.1) is 29.1 Å². The van der Waals surface area contributed by atoms with E-state index in [1.165, 1.54) is 112 Å². The molecule has 2 heterocycles. The molecule has 2 rings (SSSR count). The van der Waals surface area contributed by atoms with E-state index in [-0.39, 0.29) is 11.5 Å². The fourth-order valence-corrected chi connectivity index (χ4v) is 7.70. The molecular formula is C68H125N2+. The van der Waals surface area contributed by atoms with Crippen LogP contribution in [0.1, 0.15) is 245 Å². The molecule has 2 N–H and O–H groups in total. The Kier molecular flexibility index (Phi) is 49.3. The maximum atomic E-state index is 4.68. The maximum absolute atomic E-state index is 4.68. The van der Waals surface area contributed by atoms with Gasteiger partial charge in [-0.05, 0) is 146 Å². The number of hydrogen-bond donors (Lipinski definition) is 1. The van der Waals surface area contributed by atoms with Crippen molar-refractivity contribution in [1.82, 2.24) is 0 Å². The Hall–Kier alpha value is -3.49. The van der Waals surface area contributed by atoms with E-state index in [9.17, 15) is 0 Å².